The highest BCUT2D eigenvalue weighted by molar-refractivity contribution is 5.29. The molecule has 1 heteroatoms. The summed E-state index contributed by atoms with van der Waals surface area (Å²) in [5.41, 5.74) is 2.51. The van der Waals surface area contributed by atoms with Crippen LogP contribution >= 0.6 is 0 Å². The summed E-state index contributed by atoms with van der Waals surface area (Å²) in [7, 11) is 0. The minimum absolute atomic E-state index is 0.312. The maximum atomic E-state index is 10.4. The molecule has 0 spiro atoms. The Bertz CT molecular complexity index is 366. The lowest BCUT2D eigenvalue weighted by Crippen LogP contribution is -2.16. The van der Waals surface area contributed by atoms with Crippen molar-refractivity contribution in [2.45, 2.75) is 52.1 Å². The molecule has 1 nitrogen and oxygen atoms in total. The van der Waals surface area contributed by atoms with Gasteiger partial charge in [0.2, 0.25) is 0 Å². The molecule has 2 unspecified atom stereocenters. The van der Waals surface area contributed by atoms with Crippen LogP contribution in [0, 0.1) is 11.8 Å². The Hall–Kier alpha value is -0.820. The molecule has 94 valence electrons. The Kier molecular flexibility index (Phi) is 3.88. The fourth-order valence-electron chi connectivity index (χ4n) is 2.41. The van der Waals surface area contributed by atoms with Crippen LogP contribution in [0.5, 0.6) is 0 Å². The molecular formula is C16H24O. The lowest BCUT2D eigenvalue weighted by Gasteiger charge is -2.28. The molecule has 2 atom stereocenters. The normalized spacial score (nSPS) is 20.1. The van der Waals surface area contributed by atoms with E-state index in [1.54, 1.807) is 0 Å². The molecule has 0 amide bonds. The molecule has 0 heterocycles. The predicted molar refractivity (Wildman–Crippen MR) is 72.0 cm³/mol. The van der Waals surface area contributed by atoms with Gasteiger partial charge in [0, 0.05) is 0 Å². The maximum absolute atomic E-state index is 10.4. The summed E-state index contributed by atoms with van der Waals surface area (Å²) in [6, 6.07) is 8.58. The Morgan fingerprint density at radius 3 is 2.41 bits per heavy atom. The zero-order chi connectivity index (χ0) is 12.4. The fourth-order valence-corrected chi connectivity index (χ4v) is 2.41. The van der Waals surface area contributed by atoms with Crippen molar-refractivity contribution in [2.24, 2.45) is 11.8 Å². The average Bonchev–Trinajstić information content (AvgIpc) is 2.25. The molecule has 1 saturated carbocycles. The summed E-state index contributed by atoms with van der Waals surface area (Å²) >= 11 is 0. The molecule has 0 saturated heterocycles. The van der Waals surface area contributed by atoms with Crippen LogP contribution in [0.2, 0.25) is 0 Å². The van der Waals surface area contributed by atoms with Gasteiger partial charge in [0.15, 0.2) is 0 Å². The Morgan fingerprint density at radius 1 is 1.18 bits per heavy atom. The summed E-state index contributed by atoms with van der Waals surface area (Å²) < 4.78 is 0. The van der Waals surface area contributed by atoms with Gasteiger partial charge in [-0.1, -0.05) is 51.5 Å². The Balaban J connectivity index is 2.14. The third kappa shape index (κ3) is 2.71. The van der Waals surface area contributed by atoms with E-state index in [1.165, 1.54) is 24.8 Å². The van der Waals surface area contributed by atoms with E-state index < -0.39 is 0 Å². The van der Waals surface area contributed by atoms with E-state index in [0.717, 1.165) is 11.5 Å². The van der Waals surface area contributed by atoms with Crippen molar-refractivity contribution in [3.63, 3.8) is 0 Å². The third-order valence-corrected chi connectivity index (χ3v) is 4.38. The third-order valence-electron chi connectivity index (χ3n) is 4.38. The topological polar surface area (TPSA) is 20.2 Å². The van der Waals surface area contributed by atoms with Crippen LogP contribution in [0.25, 0.3) is 0 Å². The number of hydrogen-bond acceptors (Lipinski definition) is 1. The lowest BCUT2D eigenvalue weighted by molar-refractivity contribution is 0.0920. The van der Waals surface area contributed by atoms with Gasteiger partial charge < -0.3 is 5.11 Å². The molecule has 1 aromatic rings. The Morgan fingerprint density at radius 2 is 1.88 bits per heavy atom. The van der Waals surface area contributed by atoms with Gasteiger partial charge in [0.1, 0.15) is 0 Å². The van der Waals surface area contributed by atoms with Crippen LogP contribution in [0.4, 0.5) is 0 Å². The van der Waals surface area contributed by atoms with Gasteiger partial charge in [-0.2, -0.15) is 0 Å². The second-order valence-corrected chi connectivity index (χ2v) is 5.85. The summed E-state index contributed by atoms with van der Waals surface area (Å²) in [6.07, 6.45) is 3.67. The van der Waals surface area contributed by atoms with Crippen LogP contribution in [-0.2, 0) is 0 Å². The summed E-state index contributed by atoms with van der Waals surface area (Å²) in [4.78, 5) is 0. The highest BCUT2D eigenvalue weighted by Gasteiger charge is 2.23. The van der Waals surface area contributed by atoms with Crippen molar-refractivity contribution in [3.8, 4) is 0 Å². The largest absolute Gasteiger partial charge is 0.388 e. The Labute approximate surface area is 105 Å². The van der Waals surface area contributed by atoms with Crippen LogP contribution in [0.1, 0.15) is 63.2 Å². The molecule has 0 aliphatic heterocycles. The smallest absolute Gasteiger partial charge is 0.0818 e. The van der Waals surface area contributed by atoms with Crippen LogP contribution in [0.15, 0.2) is 24.3 Å². The maximum Gasteiger partial charge on any atom is 0.0818 e. The number of benzene rings is 1. The van der Waals surface area contributed by atoms with Crippen molar-refractivity contribution in [3.05, 3.63) is 35.4 Å². The van der Waals surface area contributed by atoms with Gasteiger partial charge in [0.25, 0.3) is 0 Å². The predicted octanol–water partition coefficient (Wildman–Crippen LogP) is 4.28. The van der Waals surface area contributed by atoms with Crippen LogP contribution in [-0.4, -0.2) is 5.11 Å². The van der Waals surface area contributed by atoms with Gasteiger partial charge >= 0.3 is 0 Å². The molecular weight excluding hydrogens is 208 g/mol. The molecule has 1 fully saturated rings. The van der Waals surface area contributed by atoms with Crippen LogP contribution in [0.3, 0.4) is 0 Å². The lowest BCUT2D eigenvalue weighted by atomic mass is 9.78. The zero-order valence-corrected chi connectivity index (χ0v) is 11.2. The molecule has 0 aromatic heterocycles. The van der Waals surface area contributed by atoms with Crippen molar-refractivity contribution in [2.75, 3.05) is 0 Å². The van der Waals surface area contributed by atoms with Gasteiger partial charge in [-0.3, -0.25) is 0 Å². The summed E-state index contributed by atoms with van der Waals surface area (Å²) in [5.74, 6) is 1.57. The first-order valence-electron chi connectivity index (χ1n) is 6.87. The molecule has 1 aliphatic rings. The summed E-state index contributed by atoms with van der Waals surface area (Å²) in [6.45, 7) is 6.47. The van der Waals surface area contributed by atoms with Gasteiger partial charge in [-0.25, -0.2) is 0 Å². The van der Waals surface area contributed by atoms with E-state index >= 15 is 0 Å². The minimum atomic E-state index is -0.324. The van der Waals surface area contributed by atoms with Gasteiger partial charge in [0.05, 0.1) is 6.10 Å². The van der Waals surface area contributed by atoms with Crippen molar-refractivity contribution >= 4 is 0 Å². The molecule has 0 radical (unpaired) electrons. The standard InChI is InChI=1S/C16H24O/c1-11(2)12(3)16(17)15-9-5-8-14(10-15)13-6-4-7-13/h5,8-13,16-17H,4,6-7H2,1-3H3. The van der Waals surface area contributed by atoms with Crippen LogP contribution < -0.4 is 0 Å². The molecule has 1 aromatic carbocycles. The first-order valence-corrected chi connectivity index (χ1v) is 6.87. The van der Waals surface area contributed by atoms with Crippen molar-refractivity contribution in [1.29, 1.82) is 0 Å². The second-order valence-electron chi connectivity index (χ2n) is 5.85. The number of rotatable bonds is 4. The van der Waals surface area contributed by atoms with E-state index in [2.05, 4.69) is 45.0 Å². The van der Waals surface area contributed by atoms with E-state index in [1.807, 2.05) is 0 Å². The highest BCUT2D eigenvalue weighted by atomic mass is 16.3. The molecule has 2 rings (SSSR count). The van der Waals surface area contributed by atoms with Gasteiger partial charge in [-0.15, -0.1) is 0 Å². The fraction of sp³-hybridized carbons (Fsp3) is 0.625. The van der Waals surface area contributed by atoms with Crippen molar-refractivity contribution in [1.82, 2.24) is 0 Å². The number of aliphatic hydroxyl groups is 1. The van der Waals surface area contributed by atoms with E-state index in [9.17, 15) is 5.11 Å². The van der Waals surface area contributed by atoms with E-state index in [0.29, 0.717) is 11.8 Å². The van der Waals surface area contributed by atoms with Crippen molar-refractivity contribution < 1.29 is 5.11 Å². The average molecular weight is 232 g/mol. The minimum Gasteiger partial charge on any atom is -0.388 e. The van der Waals surface area contributed by atoms with Gasteiger partial charge in [-0.05, 0) is 41.7 Å². The highest BCUT2D eigenvalue weighted by Crippen LogP contribution is 2.37. The first-order chi connectivity index (χ1) is 8.09. The number of hydrogen-bond donors (Lipinski definition) is 1. The molecule has 1 aliphatic carbocycles. The molecule has 1 N–H and O–H groups in total. The van der Waals surface area contributed by atoms with E-state index in [4.69, 9.17) is 0 Å². The molecule has 0 bridgehead atoms. The SMILES string of the molecule is CC(C)C(C)C(O)c1cccc(C2CCC2)c1. The zero-order valence-electron chi connectivity index (χ0n) is 11.2. The monoisotopic (exact) mass is 232 g/mol. The molecule has 17 heavy (non-hydrogen) atoms. The summed E-state index contributed by atoms with van der Waals surface area (Å²) in [5, 5.41) is 10.4. The second kappa shape index (κ2) is 5.22. The quantitative estimate of drug-likeness (QED) is 0.821. The number of aliphatic hydroxyl groups excluding tert-OH is 1. The first kappa shape index (κ1) is 12.6. The van der Waals surface area contributed by atoms with E-state index in [-0.39, 0.29) is 6.10 Å².